The van der Waals surface area contributed by atoms with Crippen LogP contribution in [0.5, 0.6) is 5.75 Å². The molecule has 0 unspecified atom stereocenters. The zero-order valence-electron chi connectivity index (χ0n) is 10.8. The third-order valence-electron chi connectivity index (χ3n) is 3.17. The Morgan fingerprint density at radius 2 is 1.80 bits per heavy atom. The summed E-state index contributed by atoms with van der Waals surface area (Å²) >= 11 is 3.55. The Morgan fingerprint density at radius 3 is 2.50 bits per heavy atom. The van der Waals surface area contributed by atoms with Gasteiger partial charge in [0.2, 0.25) is 0 Å². The Morgan fingerprint density at radius 1 is 1.05 bits per heavy atom. The summed E-state index contributed by atoms with van der Waals surface area (Å²) in [6, 6.07) is 16.4. The fraction of sp³-hybridized carbons (Fsp3) is 0.0625. The Labute approximate surface area is 134 Å². The molecular weight excluding hydrogens is 400 g/mol. The summed E-state index contributed by atoms with van der Waals surface area (Å²) in [5, 5.41) is 0. The zero-order valence-corrected chi connectivity index (χ0v) is 14.8. The molecule has 0 N–H and O–H groups in total. The number of hydrogen-bond acceptors (Lipinski definition) is 3. The second-order valence-corrected chi connectivity index (χ2v) is 11.1. The van der Waals surface area contributed by atoms with Gasteiger partial charge in [-0.2, -0.15) is 0 Å². The molecule has 1 aliphatic rings. The van der Waals surface area contributed by atoms with Crippen molar-refractivity contribution in [3.63, 3.8) is 0 Å². The first-order valence-electron chi connectivity index (χ1n) is 6.12. The quantitative estimate of drug-likeness (QED) is 0.553. The molecule has 100 valence electrons. The molecule has 0 aromatic heterocycles. The van der Waals surface area contributed by atoms with Crippen LogP contribution in [-0.4, -0.2) is 29.6 Å². The normalized spacial score (nSPS) is 14.7. The van der Waals surface area contributed by atoms with E-state index in [-0.39, 0.29) is 0 Å². The fourth-order valence-electron chi connectivity index (χ4n) is 2.15. The molecule has 3 rings (SSSR count). The first kappa shape index (κ1) is 14.0. The van der Waals surface area contributed by atoms with Crippen molar-refractivity contribution in [1.82, 2.24) is 0 Å². The number of rotatable bonds is 2. The molecule has 1 heterocycles. The molecule has 0 saturated carbocycles. The van der Waals surface area contributed by atoms with Gasteiger partial charge in [0.15, 0.2) is 0 Å². The topological polar surface area (TPSA) is 9.23 Å². The van der Waals surface area contributed by atoms with Gasteiger partial charge in [-0.3, -0.25) is 0 Å². The van der Waals surface area contributed by atoms with E-state index in [4.69, 9.17) is 26.3 Å². The summed E-state index contributed by atoms with van der Waals surface area (Å²) in [6.07, 6.45) is 2.10. The summed E-state index contributed by atoms with van der Waals surface area (Å²) in [5.41, 5.74) is 2.32. The summed E-state index contributed by atoms with van der Waals surface area (Å²) in [4.78, 5) is 0.878. The molecule has 0 amide bonds. The van der Waals surface area contributed by atoms with E-state index in [9.17, 15) is 0 Å². The first-order valence-corrected chi connectivity index (χ1v) is 12.0. The minimum absolute atomic E-state index is 0.858. The van der Waals surface area contributed by atoms with Crippen molar-refractivity contribution >= 4 is 51.3 Å². The maximum absolute atomic E-state index is 5.89. The molecule has 0 bridgehead atoms. The number of benzene rings is 2. The van der Waals surface area contributed by atoms with Crippen LogP contribution < -0.4 is 8.35 Å². The number of ether oxygens (including phenoxy) is 1. The summed E-state index contributed by atoms with van der Waals surface area (Å²) < 4.78 is 7.81. The van der Waals surface area contributed by atoms with Gasteiger partial charge in [-0.15, -0.1) is 0 Å². The van der Waals surface area contributed by atoms with Gasteiger partial charge < -0.3 is 0 Å². The SMILES string of the molecule is COc1ccc2c(c1)[Te](=S)C(c1ccccc1)=CC2=S. The Kier molecular flexibility index (Phi) is 4.09. The molecule has 0 aliphatic carbocycles. The predicted molar refractivity (Wildman–Crippen MR) is 92.1 cm³/mol. The van der Waals surface area contributed by atoms with Crippen molar-refractivity contribution in [2.75, 3.05) is 7.11 Å². The predicted octanol–water partition coefficient (Wildman–Crippen LogP) is 3.45. The van der Waals surface area contributed by atoms with Gasteiger partial charge in [0, 0.05) is 0 Å². The molecule has 0 fully saturated rings. The van der Waals surface area contributed by atoms with Crippen molar-refractivity contribution < 1.29 is 4.74 Å². The molecule has 0 radical (unpaired) electrons. The second kappa shape index (κ2) is 5.83. The average molecular weight is 412 g/mol. The van der Waals surface area contributed by atoms with Crippen LogP contribution in [0.25, 0.3) is 3.62 Å². The molecule has 20 heavy (non-hydrogen) atoms. The Bertz CT molecular complexity index is 735. The van der Waals surface area contributed by atoms with Gasteiger partial charge in [0.1, 0.15) is 0 Å². The molecule has 2 aromatic carbocycles. The molecule has 0 saturated heterocycles. The number of fused-ring (bicyclic) bond motifs is 1. The zero-order chi connectivity index (χ0) is 14.1. The molecule has 1 nitrogen and oxygen atoms in total. The van der Waals surface area contributed by atoms with Crippen molar-refractivity contribution in [1.29, 1.82) is 0 Å². The van der Waals surface area contributed by atoms with Crippen LogP contribution in [0, 0.1) is 0 Å². The first-order chi connectivity index (χ1) is 9.70. The molecule has 0 atom stereocenters. The van der Waals surface area contributed by atoms with E-state index in [2.05, 4.69) is 24.3 Å². The molecular formula is C16H12OS2Te. The molecule has 1 aliphatic heterocycles. The van der Waals surface area contributed by atoms with Crippen LogP contribution in [0.4, 0.5) is 0 Å². The van der Waals surface area contributed by atoms with E-state index >= 15 is 0 Å². The van der Waals surface area contributed by atoms with Gasteiger partial charge in [-0.05, 0) is 0 Å². The van der Waals surface area contributed by atoms with E-state index in [0.717, 1.165) is 16.2 Å². The summed E-state index contributed by atoms with van der Waals surface area (Å²) in [6.45, 7) is 0. The van der Waals surface area contributed by atoms with E-state index in [1.165, 1.54) is 12.8 Å². The van der Waals surface area contributed by atoms with Crippen LogP contribution in [0.2, 0.25) is 0 Å². The minimum atomic E-state index is -1.98. The van der Waals surface area contributed by atoms with E-state index < -0.39 is 17.6 Å². The van der Waals surface area contributed by atoms with Gasteiger partial charge in [0.25, 0.3) is 0 Å². The fourth-order valence-corrected chi connectivity index (χ4v) is 8.80. The van der Waals surface area contributed by atoms with Crippen LogP contribution in [0.15, 0.2) is 54.6 Å². The van der Waals surface area contributed by atoms with Crippen molar-refractivity contribution in [3.8, 4) is 5.75 Å². The van der Waals surface area contributed by atoms with Crippen LogP contribution in [-0.2, 0) is 0 Å². The average Bonchev–Trinajstić information content (AvgIpc) is 2.51. The van der Waals surface area contributed by atoms with Gasteiger partial charge in [-0.25, -0.2) is 0 Å². The van der Waals surface area contributed by atoms with Crippen molar-refractivity contribution in [3.05, 3.63) is 65.7 Å². The number of thiocarbonyl (C=S) groups is 1. The third-order valence-corrected chi connectivity index (χ3v) is 10.2. The second-order valence-electron chi connectivity index (χ2n) is 4.37. The van der Waals surface area contributed by atoms with Gasteiger partial charge in [-0.1, -0.05) is 0 Å². The molecule has 2 aromatic rings. The maximum atomic E-state index is 5.89. The number of allylic oxidation sites excluding steroid dienone is 1. The van der Waals surface area contributed by atoms with E-state index in [1.807, 2.05) is 30.3 Å². The van der Waals surface area contributed by atoms with Crippen LogP contribution >= 0.6 is 21.6 Å². The van der Waals surface area contributed by atoms with E-state index in [0.29, 0.717) is 0 Å². The molecule has 4 heteroatoms. The standard InChI is InChI=1S/C16H12OS2Te/c1-17-12-7-8-13-14(18)10-15(20(19)16(13)9-12)11-5-3-2-4-6-11/h2-10H,1H3. The third kappa shape index (κ3) is 2.49. The Hall–Kier alpha value is -0.920. The molecule has 0 spiro atoms. The van der Waals surface area contributed by atoms with Crippen molar-refractivity contribution in [2.24, 2.45) is 0 Å². The van der Waals surface area contributed by atoms with Crippen LogP contribution in [0.1, 0.15) is 11.1 Å². The number of hydrogen-bond donors (Lipinski definition) is 0. The monoisotopic (exact) mass is 414 g/mol. The Balaban J connectivity index is 2.14. The van der Waals surface area contributed by atoms with Gasteiger partial charge >= 0.3 is 135 Å². The van der Waals surface area contributed by atoms with E-state index in [1.54, 1.807) is 7.11 Å². The summed E-state index contributed by atoms with van der Waals surface area (Å²) in [5.74, 6) is 0.858. The van der Waals surface area contributed by atoms with Gasteiger partial charge in [0.05, 0.1) is 0 Å². The van der Waals surface area contributed by atoms with Crippen LogP contribution in [0.3, 0.4) is 0 Å². The summed E-state index contributed by atoms with van der Waals surface area (Å²) in [7, 11) is 7.58. The van der Waals surface area contributed by atoms with Crippen molar-refractivity contribution in [2.45, 2.75) is 0 Å². The number of methoxy groups -OCH3 is 1.